The SMILES string of the molecule is [2H]C([2H])([2H])n1c(=O)nc(N2CCOCc3c(C#CC(C)(C)[N+]#[C-])cccc32)c2c(F)c(F)ccc21. The van der Waals surface area contributed by atoms with Crippen molar-refractivity contribution in [2.24, 2.45) is 6.98 Å². The molecular formula is C24H20F2N4O2. The summed E-state index contributed by atoms with van der Waals surface area (Å²) >= 11 is 0. The number of hydrogen-bond acceptors (Lipinski definition) is 4. The molecule has 1 aromatic heterocycles. The maximum absolute atomic E-state index is 15.1. The fourth-order valence-electron chi connectivity index (χ4n) is 3.45. The Labute approximate surface area is 188 Å². The average molecular weight is 437 g/mol. The molecule has 0 unspecified atom stereocenters. The molecule has 0 N–H and O–H groups in total. The Hall–Kier alpha value is -3.75. The summed E-state index contributed by atoms with van der Waals surface area (Å²) in [4.78, 5) is 21.7. The molecule has 2 aromatic carbocycles. The van der Waals surface area contributed by atoms with Gasteiger partial charge in [0.25, 0.3) is 5.54 Å². The Balaban J connectivity index is 2.02. The van der Waals surface area contributed by atoms with E-state index in [4.69, 9.17) is 15.4 Å². The maximum Gasteiger partial charge on any atom is 0.349 e. The van der Waals surface area contributed by atoms with E-state index in [0.29, 0.717) is 21.4 Å². The first-order chi connectivity index (χ1) is 16.4. The van der Waals surface area contributed by atoms with Gasteiger partial charge in [-0.1, -0.05) is 12.0 Å². The van der Waals surface area contributed by atoms with Gasteiger partial charge in [0.2, 0.25) is 0 Å². The van der Waals surface area contributed by atoms with Crippen LogP contribution in [-0.2, 0) is 18.3 Å². The number of ether oxygens (including phenoxy) is 1. The summed E-state index contributed by atoms with van der Waals surface area (Å²) in [5.41, 5.74) is -0.659. The van der Waals surface area contributed by atoms with Gasteiger partial charge in [0.05, 0.1) is 24.1 Å². The highest BCUT2D eigenvalue weighted by atomic mass is 19.2. The molecule has 3 aromatic rings. The lowest BCUT2D eigenvalue weighted by Gasteiger charge is -2.25. The number of benzene rings is 2. The molecule has 1 aliphatic heterocycles. The minimum atomic E-state index is -2.95. The molecule has 8 heteroatoms. The van der Waals surface area contributed by atoms with E-state index in [1.807, 2.05) is 0 Å². The van der Waals surface area contributed by atoms with E-state index in [2.05, 4.69) is 21.7 Å². The zero-order chi connectivity index (χ0) is 25.5. The van der Waals surface area contributed by atoms with Crippen LogP contribution >= 0.6 is 0 Å². The number of hydrogen-bond donors (Lipinski definition) is 0. The first kappa shape index (κ1) is 17.9. The van der Waals surface area contributed by atoms with Crippen LogP contribution in [0.4, 0.5) is 20.3 Å². The van der Waals surface area contributed by atoms with E-state index in [0.717, 1.165) is 12.1 Å². The zero-order valence-electron chi connectivity index (χ0n) is 20.4. The third kappa shape index (κ3) is 3.70. The van der Waals surface area contributed by atoms with Gasteiger partial charge in [0, 0.05) is 48.3 Å². The number of rotatable bonds is 1. The predicted octanol–water partition coefficient (Wildman–Crippen LogP) is 3.93. The average Bonchev–Trinajstić information content (AvgIpc) is 3.01. The van der Waals surface area contributed by atoms with E-state index in [1.165, 1.54) is 4.90 Å². The number of nitrogens with zero attached hydrogens (tertiary/aromatic N) is 4. The van der Waals surface area contributed by atoms with Crippen molar-refractivity contribution in [3.05, 3.63) is 75.0 Å². The van der Waals surface area contributed by atoms with Crippen LogP contribution in [0.3, 0.4) is 0 Å². The topological polar surface area (TPSA) is 51.7 Å². The van der Waals surface area contributed by atoms with Crippen molar-refractivity contribution in [1.82, 2.24) is 9.55 Å². The van der Waals surface area contributed by atoms with E-state index in [1.54, 1.807) is 32.0 Å². The molecule has 0 bridgehead atoms. The van der Waals surface area contributed by atoms with Gasteiger partial charge in [0.15, 0.2) is 17.5 Å². The summed E-state index contributed by atoms with van der Waals surface area (Å²) in [6.07, 6.45) is 0. The highest BCUT2D eigenvalue weighted by Gasteiger charge is 2.26. The molecule has 0 saturated carbocycles. The third-order valence-electron chi connectivity index (χ3n) is 5.12. The van der Waals surface area contributed by atoms with Gasteiger partial charge in [-0.3, -0.25) is 9.41 Å². The molecule has 0 spiro atoms. The van der Waals surface area contributed by atoms with Gasteiger partial charge in [-0.25, -0.2) is 20.1 Å². The molecule has 32 heavy (non-hydrogen) atoms. The highest BCUT2D eigenvalue weighted by molar-refractivity contribution is 5.93. The second kappa shape index (κ2) is 8.07. The molecule has 0 aliphatic carbocycles. The van der Waals surface area contributed by atoms with Crippen LogP contribution in [0.15, 0.2) is 35.1 Å². The lowest BCUT2D eigenvalue weighted by atomic mass is 10.0. The molecule has 0 saturated heterocycles. The standard InChI is InChI=1S/C24H20F2N4O2/c1-24(2,27-3)11-10-15-6-5-7-18-16(15)14-32-13-12-30(18)22-20-19(29(4)23(31)28-22)9-8-17(25)21(20)26/h5-9H,12-14H2,1-2,4H3/i4D3. The van der Waals surface area contributed by atoms with Crippen molar-refractivity contribution < 1.29 is 17.6 Å². The van der Waals surface area contributed by atoms with Crippen molar-refractivity contribution in [1.29, 1.82) is 0 Å². The minimum absolute atomic E-state index is 0.132. The quantitative estimate of drug-likeness (QED) is 0.428. The molecule has 0 radical (unpaired) electrons. The van der Waals surface area contributed by atoms with E-state index in [-0.39, 0.29) is 31.1 Å². The van der Waals surface area contributed by atoms with Crippen LogP contribution in [0.25, 0.3) is 15.7 Å². The zero-order valence-corrected chi connectivity index (χ0v) is 17.4. The first-order valence-corrected chi connectivity index (χ1v) is 9.75. The summed E-state index contributed by atoms with van der Waals surface area (Å²) in [5.74, 6) is 3.17. The Morgan fingerprint density at radius 2 is 2.12 bits per heavy atom. The lowest BCUT2D eigenvalue weighted by Crippen LogP contribution is -2.28. The summed E-state index contributed by atoms with van der Waals surface area (Å²) in [7, 11) is 0. The lowest BCUT2D eigenvalue weighted by molar-refractivity contribution is 0.133. The van der Waals surface area contributed by atoms with Crippen LogP contribution in [0.5, 0.6) is 0 Å². The number of anilines is 2. The van der Waals surface area contributed by atoms with Crippen LogP contribution < -0.4 is 10.6 Å². The van der Waals surface area contributed by atoms with Crippen LogP contribution in [-0.4, -0.2) is 28.2 Å². The third-order valence-corrected chi connectivity index (χ3v) is 5.12. The molecule has 0 atom stereocenters. The Kier molecular flexibility index (Phi) is 4.51. The minimum Gasteiger partial charge on any atom is -0.375 e. The summed E-state index contributed by atoms with van der Waals surface area (Å²) in [6.45, 7) is 8.14. The van der Waals surface area contributed by atoms with Crippen molar-refractivity contribution >= 4 is 22.4 Å². The summed E-state index contributed by atoms with van der Waals surface area (Å²) in [6, 6.07) is 6.98. The van der Waals surface area contributed by atoms with Crippen molar-refractivity contribution in [3.8, 4) is 11.8 Å². The monoisotopic (exact) mass is 437 g/mol. The van der Waals surface area contributed by atoms with Gasteiger partial charge in [-0.15, -0.1) is 0 Å². The molecule has 1 aliphatic rings. The van der Waals surface area contributed by atoms with Crippen molar-refractivity contribution in [3.63, 3.8) is 0 Å². The normalized spacial score (nSPS) is 15.5. The van der Waals surface area contributed by atoms with E-state index < -0.39 is 35.2 Å². The Morgan fingerprint density at radius 1 is 1.31 bits per heavy atom. The van der Waals surface area contributed by atoms with E-state index >= 15 is 4.39 Å². The Bertz CT molecular complexity index is 1500. The maximum atomic E-state index is 15.1. The van der Waals surface area contributed by atoms with Crippen LogP contribution in [0.2, 0.25) is 0 Å². The molecular weight excluding hydrogens is 414 g/mol. The van der Waals surface area contributed by atoms with Crippen molar-refractivity contribution in [2.45, 2.75) is 26.0 Å². The highest BCUT2D eigenvalue weighted by Crippen LogP contribution is 2.36. The molecule has 162 valence electrons. The van der Waals surface area contributed by atoms with E-state index in [9.17, 15) is 9.18 Å². The van der Waals surface area contributed by atoms with Gasteiger partial charge in [-0.05, 0) is 30.2 Å². The Morgan fingerprint density at radius 3 is 2.88 bits per heavy atom. The molecule has 2 heterocycles. The molecule has 0 fully saturated rings. The molecule has 0 amide bonds. The molecule has 4 rings (SSSR count). The first-order valence-electron chi connectivity index (χ1n) is 11.2. The number of aryl methyl sites for hydroxylation is 1. The number of halogens is 2. The summed E-state index contributed by atoms with van der Waals surface area (Å²) < 4.78 is 58.6. The largest absolute Gasteiger partial charge is 0.375 e. The van der Waals surface area contributed by atoms with Gasteiger partial charge >= 0.3 is 5.69 Å². The van der Waals surface area contributed by atoms with Gasteiger partial charge < -0.3 is 9.64 Å². The number of fused-ring (bicyclic) bond motifs is 2. The second-order valence-corrected chi connectivity index (χ2v) is 7.74. The predicted molar refractivity (Wildman–Crippen MR) is 118 cm³/mol. The van der Waals surface area contributed by atoms with Crippen molar-refractivity contribution in [2.75, 3.05) is 18.1 Å². The van der Waals surface area contributed by atoms with Crippen LogP contribution in [0.1, 0.15) is 29.1 Å². The summed E-state index contributed by atoms with van der Waals surface area (Å²) in [5, 5.41) is -0.431. The fourth-order valence-corrected chi connectivity index (χ4v) is 3.45. The number of aromatic nitrogens is 2. The van der Waals surface area contributed by atoms with Gasteiger partial charge in [-0.2, -0.15) is 4.98 Å². The van der Waals surface area contributed by atoms with Crippen LogP contribution in [0, 0.1) is 30.0 Å². The fraction of sp³-hybridized carbons (Fsp3) is 0.292. The van der Waals surface area contributed by atoms with Gasteiger partial charge in [0.1, 0.15) is 0 Å². The molecule has 6 nitrogen and oxygen atoms in total. The second-order valence-electron chi connectivity index (χ2n) is 7.74. The smallest absolute Gasteiger partial charge is 0.349 e.